The minimum atomic E-state index is 0.386. The normalized spacial score (nSPS) is 14.4. The Labute approximate surface area is 228 Å². The molecule has 2 aromatic rings. The molecule has 0 radical (unpaired) electrons. The number of hydrogen-bond acceptors (Lipinski definition) is 1. The van der Waals surface area contributed by atoms with Crippen molar-refractivity contribution in [3.63, 3.8) is 0 Å². The first-order valence-corrected chi connectivity index (χ1v) is 14.5. The van der Waals surface area contributed by atoms with E-state index in [-0.39, 0.29) is 0 Å². The fourth-order valence-electron chi connectivity index (χ4n) is 5.50. The van der Waals surface area contributed by atoms with Gasteiger partial charge in [0.15, 0.2) is 5.71 Å². The lowest BCUT2D eigenvalue weighted by Crippen LogP contribution is -2.16. The zero-order chi connectivity index (χ0) is 27.8. The Bertz CT molecular complexity index is 1060. The van der Waals surface area contributed by atoms with Crippen LogP contribution in [0.4, 0.5) is 0 Å². The summed E-state index contributed by atoms with van der Waals surface area (Å²) < 4.78 is 0. The van der Waals surface area contributed by atoms with E-state index >= 15 is 0 Å². The van der Waals surface area contributed by atoms with Gasteiger partial charge in [0.25, 0.3) is 0 Å². The molecule has 198 valence electrons. The Kier molecular flexibility index (Phi) is 8.99. The second kappa shape index (κ2) is 11.5. The van der Waals surface area contributed by atoms with Crippen molar-refractivity contribution < 1.29 is 0 Å². The Hall–Kier alpha value is -2.54. The third-order valence-corrected chi connectivity index (χ3v) is 7.87. The number of benzene rings is 2. The summed E-state index contributed by atoms with van der Waals surface area (Å²) in [6.07, 6.45) is 6.54. The maximum atomic E-state index is 9.65. The average Bonchev–Trinajstić information content (AvgIpc) is 2.82. The molecule has 1 aliphatic rings. The summed E-state index contributed by atoms with van der Waals surface area (Å²) in [5.41, 5.74) is 13.6. The van der Waals surface area contributed by atoms with Crippen molar-refractivity contribution in [1.29, 1.82) is 5.41 Å². The third kappa shape index (κ3) is 5.82. The van der Waals surface area contributed by atoms with Crippen molar-refractivity contribution in [2.45, 2.75) is 119 Å². The second-order valence-electron chi connectivity index (χ2n) is 12.8. The molecule has 0 heterocycles. The lowest BCUT2D eigenvalue weighted by molar-refractivity contribution is 0.799. The third-order valence-electron chi connectivity index (χ3n) is 7.87. The van der Waals surface area contributed by atoms with Crippen LogP contribution in [0.15, 0.2) is 36.4 Å². The van der Waals surface area contributed by atoms with Crippen molar-refractivity contribution in [2.75, 3.05) is 0 Å². The highest BCUT2D eigenvalue weighted by Crippen LogP contribution is 2.43. The topological polar surface area (TPSA) is 23.9 Å². The smallest absolute Gasteiger partial charge is 0.182 e. The summed E-state index contributed by atoms with van der Waals surface area (Å²) in [5, 5.41) is 9.65. The van der Waals surface area contributed by atoms with E-state index in [1.165, 1.54) is 44.5 Å². The Morgan fingerprint density at radius 1 is 0.459 bits per heavy atom. The van der Waals surface area contributed by atoms with E-state index in [9.17, 15) is 5.41 Å². The van der Waals surface area contributed by atoms with E-state index in [1.54, 1.807) is 0 Å². The van der Waals surface area contributed by atoms with Gasteiger partial charge in [0.2, 0.25) is 0 Å². The molecule has 1 aliphatic carbocycles. The molecule has 0 saturated carbocycles. The molecule has 0 unspecified atom stereocenters. The first kappa shape index (κ1) is 29.0. The fourth-order valence-corrected chi connectivity index (χ4v) is 5.50. The van der Waals surface area contributed by atoms with Gasteiger partial charge >= 0.3 is 0 Å². The molecule has 1 nitrogen and oxygen atoms in total. The van der Waals surface area contributed by atoms with Gasteiger partial charge in [0, 0.05) is 17.5 Å². The van der Waals surface area contributed by atoms with Crippen molar-refractivity contribution in [2.24, 2.45) is 0 Å². The van der Waals surface area contributed by atoms with Gasteiger partial charge in [0.1, 0.15) is 11.1 Å². The predicted octanol–water partition coefficient (Wildman–Crippen LogP) is 11.1. The quantitative estimate of drug-likeness (QED) is 0.351. The Morgan fingerprint density at radius 2 is 0.730 bits per heavy atom. The Morgan fingerprint density at radius 3 is 0.946 bits per heavy atom. The molecule has 0 bridgehead atoms. The molecular weight excluding hydrogens is 446 g/mol. The summed E-state index contributed by atoms with van der Waals surface area (Å²) in [5.74, 6) is 2.50. The molecule has 37 heavy (non-hydrogen) atoms. The molecule has 0 amide bonds. The van der Waals surface area contributed by atoms with Crippen LogP contribution in [0.2, 0.25) is 0 Å². The summed E-state index contributed by atoms with van der Waals surface area (Å²) in [7, 11) is 0. The molecule has 1 N–H and O–H groups in total. The van der Waals surface area contributed by atoms with E-state index in [4.69, 9.17) is 0 Å². The van der Waals surface area contributed by atoms with Gasteiger partial charge in [-0.2, -0.15) is 0 Å². The number of nitrogens with one attached hydrogen (secondary N) is 1. The van der Waals surface area contributed by atoms with Gasteiger partial charge < -0.3 is 0 Å². The lowest BCUT2D eigenvalue weighted by atomic mass is 9.74. The molecule has 1 heteroatoms. The van der Waals surface area contributed by atoms with Crippen LogP contribution in [0.1, 0.15) is 163 Å². The lowest BCUT2D eigenvalue weighted by Gasteiger charge is -2.25. The number of rotatable bonds is 8. The minimum absolute atomic E-state index is 0.386. The van der Waals surface area contributed by atoms with E-state index < -0.39 is 0 Å². The van der Waals surface area contributed by atoms with Crippen LogP contribution in [-0.4, -0.2) is 5.71 Å². The highest BCUT2D eigenvalue weighted by atomic mass is 14.5. The van der Waals surface area contributed by atoms with Crippen LogP contribution in [0.3, 0.4) is 0 Å². The first-order chi connectivity index (χ1) is 17.3. The largest absolute Gasteiger partial charge is 0.274 e. The zero-order valence-corrected chi connectivity index (χ0v) is 25.5. The summed E-state index contributed by atoms with van der Waals surface area (Å²) >= 11 is 0. The zero-order valence-electron chi connectivity index (χ0n) is 25.5. The summed E-state index contributed by atoms with van der Waals surface area (Å²) in [4.78, 5) is 0. The fraction of sp³-hybridized carbons (Fsp3) is 0.500. The van der Waals surface area contributed by atoms with E-state index in [0.29, 0.717) is 41.2 Å². The number of allylic oxidation sites excluding steroid dienone is 4. The van der Waals surface area contributed by atoms with Crippen molar-refractivity contribution in [1.82, 2.24) is 0 Å². The van der Waals surface area contributed by atoms with Crippen LogP contribution < -0.4 is 0 Å². The van der Waals surface area contributed by atoms with E-state index in [2.05, 4.69) is 126 Å². The van der Waals surface area contributed by atoms with Crippen LogP contribution in [0.25, 0.3) is 11.1 Å². The van der Waals surface area contributed by atoms with Gasteiger partial charge in [0.05, 0.1) is 12.2 Å². The highest BCUT2D eigenvalue weighted by molar-refractivity contribution is 6.45. The number of hydrogen-bond donors (Lipinski definition) is 1. The predicted molar refractivity (Wildman–Crippen MR) is 165 cm³/mol. The Balaban J connectivity index is 2.28. The van der Waals surface area contributed by atoms with Crippen LogP contribution in [0, 0.1) is 11.8 Å². The highest BCUT2D eigenvalue weighted by Gasteiger charge is 2.34. The van der Waals surface area contributed by atoms with Crippen LogP contribution >= 0.6 is 0 Å². The first-order valence-electron chi connectivity index (χ1n) is 14.5. The average molecular weight is 497 g/mol. The second-order valence-corrected chi connectivity index (χ2v) is 12.8. The van der Waals surface area contributed by atoms with Crippen molar-refractivity contribution in [3.05, 3.63) is 87.3 Å². The molecule has 0 atom stereocenters. The molecule has 0 spiro atoms. The molecule has 2 aromatic carbocycles. The van der Waals surface area contributed by atoms with E-state index in [0.717, 1.165) is 11.1 Å². The summed E-state index contributed by atoms with van der Waals surface area (Å²) in [6, 6.07) is 9.61. The monoisotopic (exact) mass is 496 g/mol. The van der Waals surface area contributed by atoms with Gasteiger partial charge in [-0.25, -0.2) is 0 Å². The molecule has 0 saturated heterocycles. The molecule has 0 fully saturated rings. The molecular formula is C36H50N+. The molecule has 0 aromatic heterocycles. The van der Waals surface area contributed by atoms with E-state index in [1.807, 2.05) is 0 Å². The van der Waals surface area contributed by atoms with Gasteiger partial charge in [-0.1, -0.05) is 107 Å². The van der Waals surface area contributed by atoms with Gasteiger partial charge in [-0.15, -0.1) is 0 Å². The van der Waals surface area contributed by atoms with Crippen LogP contribution in [0.5, 0.6) is 0 Å². The van der Waals surface area contributed by atoms with Crippen molar-refractivity contribution >= 4 is 16.9 Å². The standard InChI is InChI=1S/C36H50N/c1-20(2)26-16-30(22(5)6)34(31(17-26)23(7)8)28-14-13-15-29(36(28)37)35-32(24(9)10)18-27(21(3)4)19-33(35)25(11)12/h13-25,37H,1-12H3/q+1. The molecule has 0 aliphatic heterocycles. The van der Waals surface area contributed by atoms with Crippen LogP contribution in [-0.2, 0) is 0 Å². The maximum Gasteiger partial charge on any atom is 0.182 e. The minimum Gasteiger partial charge on any atom is -0.274 e. The van der Waals surface area contributed by atoms with Crippen molar-refractivity contribution in [3.8, 4) is 0 Å². The maximum absolute atomic E-state index is 9.65. The summed E-state index contributed by atoms with van der Waals surface area (Å²) in [6.45, 7) is 27.4. The molecule has 3 rings (SSSR count). The van der Waals surface area contributed by atoms with Gasteiger partial charge in [-0.3, -0.25) is 5.41 Å². The van der Waals surface area contributed by atoms with Gasteiger partial charge in [-0.05, 0) is 68.9 Å². The SMILES string of the molecule is CC(C)c1cc(C(C)C)c(C2=C[CH+]C=C(c3c(C(C)C)cc(C(C)C)cc3C(C)C)C2=N)c(C(C)C)c1.